The molecule has 0 radical (unpaired) electrons. The first kappa shape index (κ1) is 14.0. The van der Waals surface area contributed by atoms with Gasteiger partial charge in [0.2, 0.25) is 0 Å². The van der Waals surface area contributed by atoms with Crippen LogP contribution in [0.1, 0.15) is 10.4 Å². The van der Waals surface area contributed by atoms with Gasteiger partial charge in [-0.1, -0.05) is 11.6 Å². The molecule has 0 saturated carbocycles. The quantitative estimate of drug-likeness (QED) is 0.841. The van der Waals surface area contributed by atoms with Crippen LogP contribution in [0.5, 0.6) is 0 Å². The van der Waals surface area contributed by atoms with Crippen molar-refractivity contribution in [2.75, 3.05) is 32.2 Å². The van der Waals surface area contributed by atoms with Crippen LogP contribution in [0, 0.1) is 0 Å². The van der Waals surface area contributed by atoms with Crippen LogP contribution in [0.4, 0.5) is 5.82 Å². The number of ether oxygens (including phenoxy) is 2. The SMILES string of the molecule is COC1CN(c2nc(Cl)ccc2C(=O)O)CC1OC. The maximum Gasteiger partial charge on any atom is 0.339 e. The lowest BCUT2D eigenvalue weighted by atomic mass is 10.2. The third-order valence-corrected chi connectivity index (χ3v) is 3.40. The minimum atomic E-state index is -1.03. The van der Waals surface area contributed by atoms with Crippen LogP contribution < -0.4 is 4.90 Å². The van der Waals surface area contributed by atoms with E-state index >= 15 is 0 Å². The van der Waals surface area contributed by atoms with Crippen LogP contribution in [0.25, 0.3) is 0 Å². The molecule has 0 aliphatic carbocycles. The molecule has 104 valence electrons. The van der Waals surface area contributed by atoms with Crippen LogP contribution in [0.3, 0.4) is 0 Å². The van der Waals surface area contributed by atoms with Gasteiger partial charge in [-0.25, -0.2) is 9.78 Å². The van der Waals surface area contributed by atoms with Crippen LogP contribution in [0.2, 0.25) is 5.15 Å². The zero-order valence-corrected chi connectivity index (χ0v) is 11.4. The van der Waals surface area contributed by atoms with Crippen molar-refractivity contribution in [2.45, 2.75) is 12.2 Å². The van der Waals surface area contributed by atoms with Crippen molar-refractivity contribution in [1.29, 1.82) is 0 Å². The first-order valence-electron chi connectivity index (χ1n) is 5.77. The smallest absolute Gasteiger partial charge is 0.339 e. The molecule has 1 aliphatic heterocycles. The van der Waals surface area contributed by atoms with Gasteiger partial charge in [-0.3, -0.25) is 0 Å². The Morgan fingerprint density at radius 2 is 1.95 bits per heavy atom. The van der Waals surface area contributed by atoms with E-state index in [0.717, 1.165) is 0 Å². The summed E-state index contributed by atoms with van der Waals surface area (Å²) in [5.41, 5.74) is 0.121. The maximum atomic E-state index is 11.2. The Hall–Kier alpha value is -1.37. The molecule has 1 saturated heterocycles. The first-order valence-corrected chi connectivity index (χ1v) is 6.15. The van der Waals surface area contributed by atoms with Crippen LogP contribution in [0.15, 0.2) is 12.1 Å². The number of anilines is 1. The highest BCUT2D eigenvalue weighted by molar-refractivity contribution is 6.29. The lowest BCUT2D eigenvalue weighted by Crippen LogP contribution is -2.27. The number of halogens is 1. The number of pyridine rings is 1. The van der Waals surface area contributed by atoms with Gasteiger partial charge >= 0.3 is 5.97 Å². The number of carbonyl (C=O) groups is 1. The van der Waals surface area contributed by atoms with Gasteiger partial charge in [0.05, 0.1) is 0 Å². The van der Waals surface area contributed by atoms with Gasteiger partial charge in [0.25, 0.3) is 0 Å². The molecule has 1 N–H and O–H groups in total. The number of carboxylic acid groups (broad SMARTS) is 1. The minimum Gasteiger partial charge on any atom is -0.478 e. The second-order valence-electron chi connectivity index (χ2n) is 4.26. The Labute approximate surface area is 115 Å². The summed E-state index contributed by atoms with van der Waals surface area (Å²) in [6, 6.07) is 2.92. The summed E-state index contributed by atoms with van der Waals surface area (Å²) in [5, 5.41) is 9.45. The molecule has 2 rings (SSSR count). The van der Waals surface area contributed by atoms with Gasteiger partial charge in [0, 0.05) is 27.3 Å². The average molecular weight is 287 g/mol. The molecular formula is C12H15ClN2O4. The standard InChI is InChI=1S/C12H15ClN2O4/c1-18-8-5-15(6-9(8)19-2)11-7(12(16)17)3-4-10(13)14-11/h3-4,8-9H,5-6H2,1-2H3,(H,16,17). The molecule has 0 aromatic carbocycles. The second-order valence-corrected chi connectivity index (χ2v) is 4.65. The van der Waals surface area contributed by atoms with Gasteiger partial charge in [0.15, 0.2) is 0 Å². The lowest BCUT2D eigenvalue weighted by Gasteiger charge is -2.18. The Bertz CT molecular complexity index is 471. The summed E-state index contributed by atoms with van der Waals surface area (Å²) in [6.07, 6.45) is -0.236. The van der Waals surface area contributed by atoms with Crippen molar-refractivity contribution in [3.63, 3.8) is 0 Å². The molecule has 1 aromatic heterocycles. The van der Waals surface area contributed by atoms with Crippen molar-refractivity contribution in [1.82, 2.24) is 4.98 Å². The molecule has 7 heteroatoms. The Morgan fingerprint density at radius 1 is 1.37 bits per heavy atom. The average Bonchev–Trinajstić information content (AvgIpc) is 2.81. The van der Waals surface area contributed by atoms with Crippen LogP contribution >= 0.6 is 11.6 Å². The van der Waals surface area contributed by atoms with Crippen molar-refractivity contribution in [3.05, 3.63) is 22.8 Å². The van der Waals surface area contributed by atoms with E-state index in [1.54, 1.807) is 14.2 Å². The molecule has 1 fully saturated rings. The molecule has 2 heterocycles. The summed E-state index contributed by atoms with van der Waals surface area (Å²) in [7, 11) is 3.20. The Kier molecular flexibility index (Phi) is 4.24. The number of carboxylic acids is 1. The molecule has 2 unspecified atom stereocenters. The third-order valence-electron chi connectivity index (χ3n) is 3.19. The largest absolute Gasteiger partial charge is 0.478 e. The molecule has 6 nitrogen and oxygen atoms in total. The van der Waals surface area contributed by atoms with E-state index < -0.39 is 5.97 Å². The molecule has 2 atom stereocenters. The first-order chi connectivity index (χ1) is 9.06. The summed E-state index contributed by atoms with van der Waals surface area (Å²) in [5.74, 6) is -0.685. The van der Waals surface area contributed by atoms with Gasteiger partial charge < -0.3 is 19.5 Å². The highest BCUT2D eigenvalue weighted by Crippen LogP contribution is 2.26. The van der Waals surface area contributed by atoms with E-state index in [1.807, 2.05) is 4.90 Å². The van der Waals surface area contributed by atoms with Crippen molar-refractivity contribution < 1.29 is 19.4 Å². The fraction of sp³-hybridized carbons (Fsp3) is 0.500. The molecule has 19 heavy (non-hydrogen) atoms. The number of hydrogen-bond donors (Lipinski definition) is 1. The van der Waals surface area contributed by atoms with Crippen molar-refractivity contribution in [2.24, 2.45) is 0 Å². The summed E-state index contributed by atoms with van der Waals surface area (Å²) in [4.78, 5) is 17.2. The van der Waals surface area contributed by atoms with E-state index in [2.05, 4.69) is 4.98 Å². The molecule has 1 aliphatic rings. The summed E-state index contributed by atoms with van der Waals surface area (Å²) >= 11 is 5.85. The predicted octanol–water partition coefficient (Wildman–Crippen LogP) is 1.28. The summed E-state index contributed by atoms with van der Waals surface area (Å²) in [6.45, 7) is 1.03. The zero-order chi connectivity index (χ0) is 14.0. The number of nitrogens with zero attached hydrogens (tertiary/aromatic N) is 2. The molecule has 0 bridgehead atoms. The molecular weight excluding hydrogens is 272 g/mol. The van der Waals surface area contributed by atoms with E-state index in [4.69, 9.17) is 21.1 Å². The van der Waals surface area contributed by atoms with Crippen LogP contribution in [-0.4, -0.2) is 55.6 Å². The summed E-state index contributed by atoms with van der Waals surface area (Å²) < 4.78 is 10.6. The number of methoxy groups -OCH3 is 2. The second kappa shape index (κ2) is 5.73. The topological polar surface area (TPSA) is 71.9 Å². The highest BCUT2D eigenvalue weighted by Gasteiger charge is 2.35. The lowest BCUT2D eigenvalue weighted by molar-refractivity contribution is -0.00461. The van der Waals surface area contributed by atoms with E-state index in [-0.39, 0.29) is 22.9 Å². The Balaban J connectivity index is 2.32. The predicted molar refractivity (Wildman–Crippen MR) is 70.0 cm³/mol. The normalized spacial score (nSPS) is 22.8. The Morgan fingerprint density at radius 3 is 2.42 bits per heavy atom. The fourth-order valence-electron chi connectivity index (χ4n) is 2.20. The monoisotopic (exact) mass is 286 g/mol. The number of aromatic carboxylic acids is 1. The number of aromatic nitrogens is 1. The molecule has 0 spiro atoms. The highest BCUT2D eigenvalue weighted by atomic mass is 35.5. The van der Waals surface area contributed by atoms with Gasteiger partial charge in [-0.15, -0.1) is 0 Å². The third kappa shape index (κ3) is 2.80. The molecule has 0 amide bonds. The zero-order valence-electron chi connectivity index (χ0n) is 10.7. The van der Waals surface area contributed by atoms with Gasteiger partial charge in [0.1, 0.15) is 28.7 Å². The van der Waals surface area contributed by atoms with Crippen LogP contribution in [-0.2, 0) is 9.47 Å². The van der Waals surface area contributed by atoms with E-state index in [0.29, 0.717) is 18.9 Å². The number of rotatable bonds is 4. The van der Waals surface area contributed by atoms with Crippen molar-refractivity contribution >= 4 is 23.4 Å². The van der Waals surface area contributed by atoms with Gasteiger partial charge in [-0.2, -0.15) is 0 Å². The maximum absolute atomic E-state index is 11.2. The van der Waals surface area contributed by atoms with Crippen molar-refractivity contribution in [3.8, 4) is 0 Å². The number of hydrogen-bond acceptors (Lipinski definition) is 5. The molecule has 1 aromatic rings. The van der Waals surface area contributed by atoms with E-state index in [1.165, 1.54) is 12.1 Å². The van der Waals surface area contributed by atoms with Gasteiger partial charge in [-0.05, 0) is 12.1 Å². The van der Waals surface area contributed by atoms with E-state index in [9.17, 15) is 9.90 Å². The fourth-order valence-corrected chi connectivity index (χ4v) is 2.35. The minimum absolute atomic E-state index is 0.118.